The summed E-state index contributed by atoms with van der Waals surface area (Å²) in [6.45, 7) is 8.13. The molecule has 6 heteroatoms. The molecule has 1 aromatic carbocycles. The van der Waals surface area contributed by atoms with E-state index >= 15 is 0 Å². The number of aromatic nitrogens is 2. The summed E-state index contributed by atoms with van der Waals surface area (Å²) in [6.07, 6.45) is 1.93. The molecule has 0 saturated carbocycles. The first kappa shape index (κ1) is 18.2. The molecule has 1 aliphatic rings. The first-order valence-corrected chi connectivity index (χ1v) is 10.0. The lowest BCUT2D eigenvalue weighted by Crippen LogP contribution is -2.48. The van der Waals surface area contributed by atoms with E-state index in [4.69, 9.17) is 0 Å². The van der Waals surface area contributed by atoms with Crippen LogP contribution in [0.15, 0.2) is 47.1 Å². The van der Waals surface area contributed by atoms with Crippen molar-refractivity contribution in [3.8, 4) is 0 Å². The summed E-state index contributed by atoms with van der Waals surface area (Å²) in [4.78, 5) is 22.2. The molecule has 0 bridgehead atoms. The molecule has 0 spiro atoms. The van der Waals surface area contributed by atoms with Gasteiger partial charge in [-0.25, -0.2) is 4.98 Å². The number of hydrogen-bond donors (Lipinski definition) is 0. The van der Waals surface area contributed by atoms with Gasteiger partial charge in [0.1, 0.15) is 11.3 Å². The van der Waals surface area contributed by atoms with Gasteiger partial charge in [0.05, 0.1) is 5.69 Å². The lowest BCUT2D eigenvalue weighted by molar-refractivity contribution is 0.0621. The number of nitrogens with zero attached hydrogens (tertiary/aromatic N) is 4. The van der Waals surface area contributed by atoms with Gasteiger partial charge >= 0.3 is 0 Å². The highest BCUT2D eigenvalue weighted by Gasteiger charge is 2.26. The van der Waals surface area contributed by atoms with Crippen LogP contribution in [0.3, 0.4) is 0 Å². The summed E-state index contributed by atoms with van der Waals surface area (Å²) >= 11 is 3.53. The summed E-state index contributed by atoms with van der Waals surface area (Å²) in [7, 11) is 0. The highest BCUT2D eigenvalue weighted by molar-refractivity contribution is 9.10. The van der Waals surface area contributed by atoms with Crippen LogP contribution in [-0.2, 0) is 6.54 Å². The van der Waals surface area contributed by atoms with Crippen LogP contribution in [0, 0.1) is 13.8 Å². The highest BCUT2D eigenvalue weighted by Crippen LogP contribution is 2.22. The fraction of sp³-hybridized carbons (Fsp3) is 0.333. The van der Waals surface area contributed by atoms with Crippen molar-refractivity contribution in [1.82, 2.24) is 19.2 Å². The molecular weight excluding hydrogens is 404 g/mol. The molecular formula is C21H23BrN4O. The summed E-state index contributed by atoms with van der Waals surface area (Å²) in [6, 6.07) is 12.5. The SMILES string of the molecule is Cc1nc2c(C)cc(Br)cn2c1C(=O)N1CCN(Cc2ccccc2)CC1. The van der Waals surface area contributed by atoms with Crippen molar-refractivity contribution in [2.24, 2.45) is 0 Å². The average molecular weight is 427 g/mol. The Balaban J connectivity index is 1.50. The standard InChI is InChI=1S/C21H23BrN4O/c1-15-12-18(22)14-26-19(16(2)23-20(15)26)21(27)25-10-8-24(9-11-25)13-17-6-4-3-5-7-17/h3-7,12,14H,8-11,13H2,1-2H3. The minimum Gasteiger partial charge on any atom is -0.335 e. The highest BCUT2D eigenvalue weighted by atomic mass is 79.9. The molecule has 3 heterocycles. The number of aryl methyl sites for hydroxylation is 2. The maximum Gasteiger partial charge on any atom is 0.272 e. The number of piperazine rings is 1. The quantitative estimate of drug-likeness (QED) is 0.641. The number of pyridine rings is 1. The van der Waals surface area contributed by atoms with Gasteiger partial charge in [0, 0.05) is 43.4 Å². The zero-order chi connectivity index (χ0) is 19.0. The van der Waals surface area contributed by atoms with Crippen molar-refractivity contribution in [3.63, 3.8) is 0 Å². The Kier molecular flexibility index (Phi) is 5.02. The van der Waals surface area contributed by atoms with E-state index in [2.05, 4.69) is 50.1 Å². The molecule has 0 unspecified atom stereocenters. The topological polar surface area (TPSA) is 40.9 Å². The number of carbonyl (C=O) groups is 1. The minimum absolute atomic E-state index is 0.0665. The van der Waals surface area contributed by atoms with E-state index in [0.717, 1.165) is 54.1 Å². The molecule has 0 N–H and O–H groups in total. The molecule has 1 fully saturated rings. The monoisotopic (exact) mass is 426 g/mol. The second-order valence-electron chi connectivity index (χ2n) is 7.13. The largest absolute Gasteiger partial charge is 0.335 e. The van der Waals surface area contributed by atoms with Crippen LogP contribution in [0.25, 0.3) is 5.65 Å². The van der Waals surface area contributed by atoms with Gasteiger partial charge < -0.3 is 4.90 Å². The van der Waals surface area contributed by atoms with Crippen LogP contribution in [0.4, 0.5) is 0 Å². The van der Waals surface area contributed by atoms with Crippen molar-refractivity contribution in [2.75, 3.05) is 26.2 Å². The Morgan fingerprint density at radius 3 is 2.52 bits per heavy atom. The van der Waals surface area contributed by atoms with Gasteiger partial charge in [0.15, 0.2) is 0 Å². The van der Waals surface area contributed by atoms with Crippen LogP contribution in [0.5, 0.6) is 0 Å². The number of benzene rings is 1. The molecule has 27 heavy (non-hydrogen) atoms. The fourth-order valence-electron chi connectivity index (χ4n) is 3.74. The van der Waals surface area contributed by atoms with Gasteiger partial charge in [-0.3, -0.25) is 14.1 Å². The number of hydrogen-bond acceptors (Lipinski definition) is 3. The molecule has 2 aromatic heterocycles. The van der Waals surface area contributed by atoms with Gasteiger partial charge in [0.25, 0.3) is 5.91 Å². The number of carbonyl (C=O) groups excluding carboxylic acids is 1. The van der Waals surface area contributed by atoms with Gasteiger partial charge in [0.2, 0.25) is 0 Å². The van der Waals surface area contributed by atoms with E-state index in [-0.39, 0.29) is 5.91 Å². The fourth-order valence-corrected chi connectivity index (χ4v) is 4.29. The van der Waals surface area contributed by atoms with Gasteiger partial charge in [-0.15, -0.1) is 0 Å². The minimum atomic E-state index is 0.0665. The van der Waals surface area contributed by atoms with Gasteiger partial charge in [-0.05, 0) is 47.0 Å². The lowest BCUT2D eigenvalue weighted by Gasteiger charge is -2.34. The number of imidazole rings is 1. The summed E-state index contributed by atoms with van der Waals surface area (Å²) in [5, 5.41) is 0. The van der Waals surface area contributed by atoms with Crippen LogP contribution < -0.4 is 0 Å². The van der Waals surface area contributed by atoms with Crippen LogP contribution in [-0.4, -0.2) is 51.3 Å². The third kappa shape index (κ3) is 3.64. The Bertz CT molecular complexity index is 975. The molecule has 0 radical (unpaired) electrons. The second-order valence-corrected chi connectivity index (χ2v) is 8.05. The average Bonchev–Trinajstić information content (AvgIpc) is 2.99. The molecule has 140 valence electrons. The second kappa shape index (κ2) is 7.44. The Labute approximate surface area is 167 Å². The van der Waals surface area contributed by atoms with Gasteiger partial charge in [-0.2, -0.15) is 0 Å². The van der Waals surface area contributed by atoms with Crippen LogP contribution >= 0.6 is 15.9 Å². The van der Waals surface area contributed by atoms with Crippen molar-refractivity contribution in [1.29, 1.82) is 0 Å². The Morgan fingerprint density at radius 1 is 1.11 bits per heavy atom. The zero-order valence-electron chi connectivity index (χ0n) is 15.7. The number of fused-ring (bicyclic) bond motifs is 1. The molecule has 0 aliphatic carbocycles. The summed E-state index contributed by atoms with van der Waals surface area (Å²) in [5.74, 6) is 0.0665. The van der Waals surface area contributed by atoms with Crippen molar-refractivity contribution in [3.05, 3.63) is 69.6 Å². The molecule has 4 rings (SSSR count). The van der Waals surface area contributed by atoms with E-state index < -0.39 is 0 Å². The summed E-state index contributed by atoms with van der Waals surface area (Å²) in [5.41, 5.74) is 4.68. The van der Waals surface area contributed by atoms with Crippen LogP contribution in [0.1, 0.15) is 27.3 Å². The Morgan fingerprint density at radius 2 is 1.81 bits per heavy atom. The number of amides is 1. The zero-order valence-corrected chi connectivity index (χ0v) is 17.2. The predicted octanol–water partition coefficient (Wildman–Crippen LogP) is 3.67. The smallest absolute Gasteiger partial charge is 0.272 e. The normalized spacial score (nSPS) is 15.4. The first-order valence-electron chi connectivity index (χ1n) is 9.23. The number of halogens is 1. The summed E-state index contributed by atoms with van der Waals surface area (Å²) < 4.78 is 2.87. The molecule has 0 atom stereocenters. The Hall–Kier alpha value is -2.18. The van der Waals surface area contributed by atoms with E-state index in [9.17, 15) is 4.79 Å². The molecule has 5 nitrogen and oxygen atoms in total. The molecule has 1 saturated heterocycles. The predicted molar refractivity (Wildman–Crippen MR) is 110 cm³/mol. The maximum atomic E-state index is 13.2. The van der Waals surface area contributed by atoms with Crippen molar-refractivity contribution >= 4 is 27.5 Å². The van der Waals surface area contributed by atoms with E-state index in [0.29, 0.717) is 5.69 Å². The van der Waals surface area contributed by atoms with E-state index in [1.807, 2.05) is 41.5 Å². The molecule has 1 aliphatic heterocycles. The first-order chi connectivity index (χ1) is 13.0. The number of rotatable bonds is 3. The van der Waals surface area contributed by atoms with E-state index in [1.54, 1.807) is 0 Å². The van der Waals surface area contributed by atoms with Crippen molar-refractivity contribution < 1.29 is 4.79 Å². The third-order valence-corrected chi connectivity index (χ3v) is 5.59. The molecule has 1 amide bonds. The van der Waals surface area contributed by atoms with Crippen LogP contribution in [0.2, 0.25) is 0 Å². The third-order valence-electron chi connectivity index (χ3n) is 5.16. The van der Waals surface area contributed by atoms with E-state index in [1.165, 1.54) is 5.56 Å². The molecule has 3 aromatic rings. The maximum absolute atomic E-state index is 13.2. The lowest BCUT2D eigenvalue weighted by atomic mass is 10.2. The van der Waals surface area contributed by atoms with Gasteiger partial charge in [-0.1, -0.05) is 30.3 Å². The van der Waals surface area contributed by atoms with Crippen molar-refractivity contribution in [2.45, 2.75) is 20.4 Å².